The summed E-state index contributed by atoms with van der Waals surface area (Å²) in [6.07, 6.45) is 3.17. The van der Waals surface area contributed by atoms with E-state index in [1.807, 2.05) is 30.3 Å². The molecule has 0 bridgehead atoms. The minimum absolute atomic E-state index is 0.200. The summed E-state index contributed by atoms with van der Waals surface area (Å²) in [5.41, 5.74) is 2.18. The highest BCUT2D eigenvalue weighted by Crippen LogP contribution is 2.14. The largest absolute Gasteiger partial charge is 0.472 e. The molecule has 1 amide bonds. The fraction of sp³-hybridized carbons (Fsp3) is 0.0769. The second-order valence-corrected chi connectivity index (χ2v) is 3.93. The molecule has 0 aliphatic rings. The van der Waals surface area contributed by atoms with Crippen LogP contribution >= 0.6 is 0 Å². The third-order valence-corrected chi connectivity index (χ3v) is 2.72. The average molecular weight is 241 g/mol. The van der Waals surface area contributed by atoms with Crippen LogP contribution in [-0.4, -0.2) is 16.1 Å². The Hall–Kier alpha value is -2.56. The number of benzene rings is 1. The molecule has 0 unspecified atom stereocenters. The number of para-hydroxylation sites is 1. The van der Waals surface area contributed by atoms with Crippen LogP contribution in [0.5, 0.6) is 0 Å². The van der Waals surface area contributed by atoms with Gasteiger partial charge in [0.15, 0.2) is 5.69 Å². The zero-order chi connectivity index (χ0) is 12.4. The van der Waals surface area contributed by atoms with Gasteiger partial charge in [0.05, 0.1) is 18.0 Å². The number of carbonyl (C=O) groups excluding carboxylic acids is 1. The molecule has 1 aromatic carbocycles. The molecule has 90 valence electrons. The maximum Gasteiger partial charge on any atom is 0.272 e. The van der Waals surface area contributed by atoms with Gasteiger partial charge in [-0.15, -0.1) is 0 Å². The van der Waals surface area contributed by atoms with E-state index in [9.17, 15) is 4.79 Å². The van der Waals surface area contributed by atoms with Crippen molar-refractivity contribution in [2.75, 3.05) is 0 Å². The molecule has 2 aromatic heterocycles. The van der Waals surface area contributed by atoms with Crippen LogP contribution in [0.2, 0.25) is 0 Å². The van der Waals surface area contributed by atoms with Crippen molar-refractivity contribution in [2.45, 2.75) is 6.54 Å². The Kier molecular flexibility index (Phi) is 2.57. The van der Waals surface area contributed by atoms with Crippen LogP contribution in [0.4, 0.5) is 0 Å². The monoisotopic (exact) mass is 241 g/mol. The van der Waals surface area contributed by atoms with Gasteiger partial charge in [-0.25, -0.2) is 0 Å². The van der Waals surface area contributed by atoms with E-state index in [0.717, 1.165) is 16.5 Å². The van der Waals surface area contributed by atoms with Gasteiger partial charge in [-0.2, -0.15) is 5.10 Å². The number of amides is 1. The molecule has 0 aliphatic heterocycles. The number of carbonyl (C=O) groups is 1. The summed E-state index contributed by atoms with van der Waals surface area (Å²) < 4.78 is 4.93. The molecule has 2 N–H and O–H groups in total. The lowest BCUT2D eigenvalue weighted by Gasteiger charge is -2.00. The number of rotatable bonds is 3. The van der Waals surface area contributed by atoms with E-state index in [4.69, 9.17) is 4.42 Å². The first-order chi connectivity index (χ1) is 8.84. The van der Waals surface area contributed by atoms with Crippen molar-refractivity contribution in [2.24, 2.45) is 0 Å². The Balaban J connectivity index is 1.80. The lowest BCUT2D eigenvalue weighted by atomic mass is 10.2. The number of H-pyrrole nitrogens is 1. The summed E-state index contributed by atoms with van der Waals surface area (Å²) in [4.78, 5) is 12.0. The predicted molar refractivity (Wildman–Crippen MR) is 66.0 cm³/mol. The molecule has 0 fully saturated rings. The third-order valence-electron chi connectivity index (χ3n) is 2.72. The minimum atomic E-state index is -0.200. The quantitative estimate of drug-likeness (QED) is 0.737. The molecular weight excluding hydrogens is 230 g/mol. The molecule has 0 saturated carbocycles. The second kappa shape index (κ2) is 4.37. The summed E-state index contributed by atoms with van der Waals surface area (Å²) in [5, 5.41) is 10.5. The van der Waals surface area contributed by atoms with Crippen LogP contribution in [0.25, 0.3) is 10.9 Å². The second-order valence-electron chi connectivity index (χ2n) is 3.93. The van der Waals surface area contributed by atoms with Crippen molar-refractivity contribution in [3.8, 4) is 0 Å². The molecule has 2 heterocycles. The maximum atomic E-state index is 12.0. The summed E-state index contributed by atoms with van der Waals surface area (Å²) in [6.45, 7) is 0.427. The first-order valence-corrected chi connectivity index (χ1v) is 5.57. The Labute approximate surface area is 103 Å². The van der Waals surface area contributed by atoms with E-state index in [1.165, 1.54) is 0 Å². The van der Waals surface area contributed by atoms with Gasteiger partial charge in [0.1, 0.15) is 0 Å². The van der Waals surface area contributed by atoms with Gasteiger partial charge in [0.2, 0.25) is 0 Å². The Bertz CT molecular complexity index is 670. The van der Waals surface area contributed by atoms with Gasteiger partial charge < -0.3 is 9.73 Å². The molecule has 0 radical (unpaired) electrons. The number of furan rings is 1. The van der Waals surface area contributed by atoms with Crippen molar-refractivity contribution >= 4 is 16.8 Å². The fourth-order valence-corrected chi connectivity index (χ4v) is 1.80. The van der Waals surface area contributed by atoms with Crippen LogP contribution in [-0.2, 0) is 6.54 Å². The van der Waals surface area contributed by atoms with Crippen molar-refractivity contribution in [3.05, 3.63) is 54.1 Å². The van der Waals surface area contributed by atoms with Crippen LogP contribution in [0.3, 0.4) is 0 Å². The minimum Gasteiger partial charge on any atom is -0.472 e. The standard InChI is InChI=1S/C13H11N3O2/c17-13(14-7-9-5-6-18-8-9)12-10-3-1-2-4-11(10)15-16-12/h1-6,8H,7H2,(H,14,17)(H,15,16). The molecule has 0 spiro atoms. The van der Waals surface area contributed by atoms with Gasteiger partial charge in [-0.05, 0) is 12.1 Å². The maximum absolute atomic E-state index is 12.0. The highest BCUT2D eigenvalue weighted by Gasteiger charge is 2.13. The first kappa shape index (κ1) is 10.6. The van der Waals surface area contributed by atoms with E-state index < -0.39 is 0 Å². The molecule has 3 aromatic rings. The van der Waals surface area contributed by atoms with E-state index in [0.29, 0.717) is 12.2 Å². The van der Waals surface area contributed by atoms with Crippen LogP contribution in [0, 0.1) is 0 Å². The number of nitrogens with one attached hydrogen (secondary N) is 2. The van der Waals surface area contributed by atoms with Crippen molar-refractivity contribution < 1.29 is 9.21 Å². The van der Waals surface area contributed by atoms with Crippen LogP contribution in [0.1, 0.15) is 16.1 Å². The lowest BCUT2D eigenvalue weighted by Crippen LogP contribution is -2.23. The summed E-state index contributed by atoms with van der Waals surface area (Å²) in [7, 11) is 0. The number of aromatic amines is 1. The Morgan fingerprint density at radius 3 is 3.06 bits per heavy atom. The van der Waals surface area contributed by atoms with Crippen LogP contribution in [0.15, 0.2) is 47.3 Å². The average Bonchev–Trinajstić information content (AvgIpc) is 3.05. The third kappa shape index (κ3) is 1.86. The molecule has 0 atom stereocenters. The van der Waals surface area contributed by atoms with E-state index in [2.05, 4.69) is 15.5 Å². The SMILES string of the molecule is O=C(NCc1ccoc1)c1n[nH]c2ccccc12. The van der Waals surface area contributed by atoms with Gasteiger partial charge in [0.25, 0.3) is 5.91 Å². The number of fused-ring (bicyclic) bond motifs is 1. The predicted octanol–water partition coefficient (Wildman–Crippen LogP) is 2.09. The highest BCUT2D eigenvalue weighted by molar-refractivity contribution is 6.04. The van der Waals surface area contributed by atoms with Crippen molar-refractivity contribution in [3.63, 3.8) is 0 Å². The Morgan fingerprint density at radius 1 is 1.33 bits per heavy atom. The molecule has 5 nitrogen and oxygen atoms in total. The zero-order valence-corrected chi connectivity index (χ0v) is 9.51. The van der Waals surface area contributed by atoms with E-state index in [1.54, 1.807) is 12.5 Å². The molecule has 0 aliphatic carbocycles. The summed E-state index contributed by atoms with van der Waals surface area (Å²) in [6, 6.07) is 9.34. The zero-order valence-electron chi connectivity index (χ0n) is 9.51. The highest BCUT2D eigenvalue weighted by atomic mass is 16.3. The summed E-state index contributed by atoms with van der Waals surface area (Å²) >= 11 is 0. The molecule has 0 saturated heterocycles. The number of hydrogen-bond donors (Lipinski definition) is 2. The van der Waals surface area contributed by atoms with E-state index >= 15 is 0 Å². The molecule has 3 rings (SSSR count). The van der Waals surface area contributed by atoms with Crippen molar-refractivity contribution in [1.29, 1.82) is 0 Å². The number of hydrogen-bond acceptors (Lipinski definition) is 3. The van der Waals surface area contributed by atoms with Gasteiger partial charge in [-0.3, -0.25) is 9.89 Å². The first-order valence-electron chi connectivity index (χ1n) is 5.57. The lowest BCUT2D eigenvalue weighted by molar-refractivity contribution is 0.0947. The number of aromatic nitrogens is 2. The number of nitrogens with zero attached hydrogens (tertiary/aromatic N) is 1. The smallest absolute Gasteiger partial charge is 0.272 e. The Morgan fingerprint density at radius 2 is 2.22 bits per heavy atom. The van der Waals surface area contributed by atoms with Gasteiger partial charge >= 0.3 is 0 Å². The van der Waals surface area contributed by atoms with E-state index in [-0.39, 0.29) is 5.91 Å². The van der Waals surface area contributed by atoms with Gasteiger partial charge in [-0.1, -0.05) is 18.2 Å². The fourth-order valence-electron chi connectivity index (χ4n) is 1.80. The normalized spacial score (nSPS) is 10.7. The van der Waals surface area contributed by atoms with Gasteiger partial charge in [0, 0.05) is 17.5 Å². The van der Waals surface area contributed by atoms with Crippen LogP contribution < -0.4 is 5.32 Å². The molecule has 5 heteroatoms. The molecular formula is C13H11N3O2. The topological polar surface area (TPSA) is 70.9 Å². The molecule has 18 heavy (non-hydrogen) atoms. The van der Waals surface area contributed by atoms with Crippen molar-refractivity contribution in [1.82, 2.24) is 15.5 Å². The summed E-state index contributed by atoms with van der Waals surface area (Å²) in [5.74, 6) is -0.200.